The Morgan fingerprint density at radius 3 is 2.52 bits per heavy atom. The van der Waals surface area contributed by atoms with Gasteiger partial charge in [0.15, 0.2) is 0 Å². The molecule has 0 aromatic heterocycles. The monoisotopic (exact) mass is 444 g/mol. The van der Waals surface area contributed by atoms with E-state index in [1.807, 2.05) is 6.92 Å². The molecule has 0 heterocycles. The molecule has 1 amide bonds. The molecule has 7 heteroatoms. The number of hydrogen-bond acceptors (Lipinski definition) is 4. The molecule has 3 rings (SSSR count). The van der Waals surface area contributed by atoms with Gasteiger partial charge < -0.3 is 10.1 Å². The molecule has 1 aliphatic rings. The van der Waals surface area contributed by atoms with E-state index in [4.69, 9.17) is 4.74 Å². The van der Waals surface area contributed by atoms with Gasteiger partial charge in [0.2, 0.25) is 0 Å². The van der Waals surface area contributed by atoms with Crippen molar-refractivity contribution in [1.29, 1.82) is 0 Å². The molecular weight excluding hydrogens is 412 g/mol. The van der Waals surface area contributed by atoms with Gasteiger partial charge in [-0.25, -0.2) is 8.42 Å². The van der Waals surface area contributed by atoms with E-state index in [1.54, 1.807) is 48.5 Å². The fourth-order valence-corrected chi connectivity index (χ4v) is 5.10. The van der Waals surface area contributed by atoms with Gasteiger partial charge in [0.05, 0.1) is 16.7 Å². The number of sulfonamides is 1. The lowest BCUT2D eigenvalue weighted by Crippen LogP contribution is -2.29. The first-order valence-corrected chi connectivity index (χ1v) is 12.4. The zero-order valence-corrected chi connectivity index (χ0v) is 19.2. The Balaban J connectivity index is 1.59. The summed E-state index contributed by atoms with van der Waals surface area (Å²) in [4.78, 5) is 12.8. The molecule has 0 aliphatic heterocycles. The van der Waals surface area contributed by atoms with E-state index >= 15 is 0 Å². The van der Waals surface area contributed by atoms with Crippen LogP contribution in [-0.4, -0.2) is 40.6 Å². The summed E-state index contributed by atoms with van der Waals surface area (Å²) in [6.07, 6.45) is 7.18. The highest BCUT2D eigenvalue weighted by molar-refractivity contribution is 7.92. The number of nitrogens with zero attached hydrogens (tertiary/aromatic N) is 1. The first-order valence-electron chi connectivity index (χ1n) is 10.9. The smallest absolute Gasteiger partial charge is 0.264 e. The molecule has 168 valence electrons. The van der Waals surface area contributed by atoms with Crippen LogP contribution in [0.4, 0.5) is 5.69 Å². The van der Waals surface area contributed by atoms with Crippen molar-refractivity contribution in [2.45, 2.75) is 56.4 Å². The first kappa shape index (κ1) is 23.3. The van der Waals surface area contributed by atoms with Gasteiger partial charge in [0.25, 0.3) is 15.9 Å². The molecule has 1 saturated carbocycles. The van der Waals surface area contributed by atoms with Gasteiger partial charge in [-0.2, -0.15) is 0 Å². The summed E-state index contributed by atoms with van der Waals surface area (Å²) < 4.78 is 33.0. The number of carbonyl (C=O) groups is 1. The van der Waals surface area contributed by atoms with Crippen molar-refractivity contribution in [3.63, 3.8) is 0 Å². The molecule has 1 fully saturated rings. The van der Waals surface area contributed by atoms with Crippen molar-refractivity contribution in [3.05, 3.63) is 59.7 Å². The molecule has 1 N–H and O–H groups in total. The van der Waals surface area contributed by atoms with Gasteiger partial charge in [-0.05, 0) is 56.0 Å². The summed E-state index contributed by atoms with van der Waals surface area (Å²) >= 11 is 0. The van der Waals surface area contributed by atoms with Crippen LogP contribution in [0.1, 0.15) is 54.4 Å². The van der Waals surface area contributed by atoms with Crippen molar-refractivity contribution in [2.75, 3.05) is 24.5 Å². The minimum Gasteiger partial charge on any atom is -0.378 e. The van der Waals surface area contributed by atoms with Crippen LogP contribution < -0.4 is 9.62 Å². The molecule has 0 saturated heterocycles. The van der Waals surface area contributed by atoms with Crippen LogP contribution in [-0.2, 0) is 14.8 Å². The van der Waals surface area contributed by atoms with Gasteiger partial charge in [-0.3, -0.25) is 9.10 Å². The van der Waals surface area contributed by atoms with Crippen LogP contribution in [0.2, 0.25) is 0 Å². The Morgan fingerprint density at radius 1 is 1.10 bits per heavy atom. The first-order chi connectivity index (χ1) is 14.9. The van der Waals surface area contributed by atoms with Gasteiger partial charge >= 0.3 is 0 Å². The van der Waals surface area contributed by atoms with Crippen LogP contribution in [0.3, 0.4) is 0 Å². The second-order valence-electron chi connectivity index (χ2n) is 8.03. The average Bonchev–Trinajstić information content (AvgIpc) is 2.80. The van der Waals surface area contributed by atoms with E-state index in [9.17, 15) is 13.2 Å². The minimum absolute atomic E-state index is 0.213. The molecule has 1 aliphatic carbocycles. The highest BCUT2D eigenvalue weighted by atomic mass is 32.2. The lowest BCUT2D eigenvalue weighted by molar-refractivity contribution is 0.0273. The van der Waals surface area contributed by atoms with Crippen LogP contribution in [0.15, 0.2) is 53.4 Å². The Labute approximate surface area is 185 Å². The molecule has 2 aromatic carbocycles. The Bertz CT molecular complexity index is 970. The number of rotatable bonds is 9. The largest absolute Gasteiger partial charge is 0.378 e. The van der Waals surface area contributed by atoms with Crippen LogP contribution in [0, 0.1) is 6.92 Å². The SMILES string of the molecule is Cc1ccc(C(=O)NCCCOC2CCCCC2)cc1N(C)S(=O)(=O)c1ccccc1. The standard InChI is InChI=1S/C24H32N2O4S/c1-19-14-15-20(24(27)25-16-9-17-30-21-10-5-3-6-11-21)18-23(19)26(2)31(28,29)22-12-7-4-8-13-22/h4,7-8,12-15,18,21H,3,5-6,9-11,16-17H2,1-2H3,(H,25,27). The Kier molecular flexibility index (Phi) is 8.09. The molecule has 0 unspecified atom stereocenters. The van der Waals surface area contributed by atoms with Crippen molar-refractivity contribution < 1.29 is 17.9 Å². The zero-order chi connectivity index (χ0) is 22.3. The van der Waals surface area contributed by atoms with E-state index in [0.717, 1.165) is 24.8 Å². The number of carbonyl (C=O) groups excluding carboxylic acids is 1. The van der Waals surface area contributed by atoms with Crippen LogP contribution >= 0.6 is 0 Å². The third-order valence-corrected chi connectivity index (χ3v) is 7.51. The van der Waals surface area contributed by atoms with E-state index < -0.39 is 10.0 Å². The van der Waals surface area contributed by atoms with E-state index in [0.29, 0.717) is 30.5 Å². The number of aryl methyl sites for hydroxylation is 1. The molecule has 0 bridgehead atoms. The lowest BCUT2D eigenvalue weighted by Gasteiger charge is -2.22. The second-order valence-corrected chi connectivity index (χ2v) is 10.00. The van der Waals surface area contributed by atoms with Crippen molar-refractivity contribution in [3.8, 4) is 0 Å². The van der Waals surface area contributed by atoms with Crippen molar-refractivity contribution >= 4 is 21.6 Å². The third-order valence-electron chi connectivity index (χ3n) is 5.72. The third kappa shape index (κ3) is 6.08. The normalized spacial score (nSPS) is 14.9. The summed E-state index contributed by atoms with van der Waals surface area (Å²) in [6.45, 7) is 2.99. The second kappa shape index (κ2) is 10.8. The van der Waals surface area contributed by atoms with E-state index in [2.05, 4.69) is 5.32 Å². The summed E-state index contributed by atoms with van der Waals surface area (Å²) in [6, 6.07) is 13.4. The van der Waals surface area contributed by atoms with E-state index in [1.165, 1.54) is 30.6 Å². The minimum atomic E-state index is -3.71. The van der Waals surface area contributed by atoms with E-state index in [-0.39, 0.29) is 10.8 Å². The molecular formula is C24H32N2O4S. The van der Waals surface area contributed by atoms with Crippen molar-refractivity contribution in [1.82, 2.24) is 5.32 Å². The predicted molar refractivity (Wildman–Crippen MR) is 123 cm³/mol. The summed E-state index contributed by atoms with van der Waals surface area (Å²) in [5.41, 5.74) is 1.69. The topological polar surface area (TPSA) is 75.7 Å². The average molecular weight is 445 g/mol. The summed E-state index contributed by atoms with van der Waals surface area (Å²) in [5, 5.41) is 2.91. The summed E-state index contributed by atoms with van der Waals surface area (Å²) in [5.74, 6) is -0.218. The lowest BCUT2D eigenvalue weighted by atomic mass is 9.98. The number of benzene rings is 2. The number of hydrogen-bond donors (Lipinski definition) is 1. The van der Waals surface area contributed by atoms with Crippen molar-refractivity contribution in [2.24, 2.45) is 0 Å². The molecule has 0 atom stereocenters. The Hall–Kier alpha value is -2.38. The Morgan fingerprint density at radius 2 is 1.81 bits per heavy atom. The zero-order valence-electron chi connectivity index (χ0n) is 18.3. The van der Waals surface area contributed by atoms with Gasteiger partial charge in [-0.15, -0.1) is 0 Å². The predicted octanol–water partition coefficient (Wildman–Crippen LogP) is 4.29. The highest BCUT2D eigenvalue weighted by Gasteiger charge is 2.23. The van der Waals surface area contributed by atoms with Gasteiger partial charge in [-0.1, -0.05) is 43.5 Å². The van der Waals surface area contributed by atoms with Gasteiger partial charge in [0, 0.05) is 25.8 Å². The number of ether oxygens (including phenoxy) is 1. The highest BCUT2D eigenvalue weighted by Crippen LogP contribution is 2.26. The van der Waals surface area contributed by atoms with Gasteiger partial charge in [0.1, 0.15) is 0 Å². The fraction of sp³-hybridized carbons (Fsp3) is 0.458. The molecule has 0 spiro atoms. The number of anilines is 1. The maximum atomic E-state index is 13.0. The fourth-order valence-electron chi connectivity index (χ4n) is 3.83. The molecule has 31 heavy (non-hydrogen) atoms. The van der Waals surface area contributed by atoms with Crippen LogP contribution in [0.25, 0.3) is 0 Å². The molecule has 0 radical (unpaired) electrons. The summed E-state index contributed by atoms with van der Waals surface area (Å²) in [7, 11) is -2.20. The maximum absolute atomic E-state index is 13.0. The van der Waals surface area contributed by atoms with Crippen LogP contribution in [0.5, 0.6) is 0 Å². The maximum Gasteiger partial charge on any atom is 0.264 e. The number of amides is 1. The number of nitrogens with one attached hydrogen (secondary N) is 1. The molecule has 6 nitrogen and oxygen atoms in total. The quantitative estimate of drug-likeness (QED) is 0.586. The molecule has 2 aromatic rings.